The van der Waals surface area contributed by atoms with Gasteiger partial charge in [-0.15, -0.1) is 0 Å². The van der Waals surface area contributed by atoms with Gasteiger partial charge < -0.3 is 0 Å². The zero-order valence-corrected chi connectivity index (χ0v) is 10.9. The Morgan fingerprint density at radius 3 is 2.85 bits per heavy atom. The number of hydrogen-bond donors (Lipinski definition) is 0. The molecule has 1 aliphatic heterocycles. The molecule has 0 spiro atoms. The Labute approximate surface area is 116 Å². The second-order valence-corrected chi connectivity index (χ2v) is 5.26. The Morgan fingerprint density at radius 1 is 1.15 bits per heavy atom. The van der Waals surface area contributed by atoms with Crippen LogP contribution in [-0.4, -0.2) is 26.3 Å². The summed E-state index contributed by atoms with van der Waals surface area (Å²) in [6, 6.07) is 9.94. The van der Waals surface area contributed by atoms with Gasteiger partial charge in [-0.2, -0.15) is 10.1 Å². The van der Waals surface area contributed by atoms with E-state index in [9.17, 15) is 4.79 Å². The molecule has 1 fully saturated rings. The van der Waals surface area contributed by atoms with E-state index < -0.39 is 0 Å². The third-order valence-corrected chi connectivity index (χ3v) is 4.08. The van der Waals surface area contributed by atoms with Crippen molar-refractivity contribution in [1.29, 1.82) is 0 Å². The molecule has 2 aliphatic rings. The Balaban J connectivity index is 1.91. The van der Waals surface area contributed by atoms with E-state index in [1.54, 1.807) is 4.68 Å². The highest BCUT2D eigenvalue weighted by molar-refractivity contribution is 6.09. The summed E-state index contributed by atoms with van der Waals surface area (Å²) >= 11 is 0. The largest absolute Gasteiger partial charge is 0.299 e. The fraction of sp³-hybridized carbons (Fsp3) is 0.333. The van der Waals surface area contributed by atoms with Crippen LogP contribution in [0.5, 0.6) is 0 Å². The van der Waals surface area contributed by atoms with Crippen molar-refractivity contribution in [2.75, 3.05) is 0 Å². The topological polar surface area (TPSA) is 60.1 Å². The number of hydrogen-bond acceptors (Lipinski definition) is 4. The zero-order valence-electron chi connectivity index (χ0n) is 10.9. The summed E-state index contributed by atoms with van der Waals surface area (Å²) in [7, 11) is 0. The lowest BCUT2D eigenvalue weighted by Crippen LogP contribution is -2.39. The number of carbonyl (C=O) groups is 1. The second-order valence-electron chi connectivity index (χ2n) is 5.26. The summed E-state index contributed by atoms with van der Waals surface area (Å²) < 4.78 is 1.78. The highest BCUT2D eigenvalue weighted by Gasteiger charge is 2.41. The molecule has 0 saturated heterocycles. The Bertz CT molecular complexity index is 689. The van der Waals surface area contributed by atoms with Crippen LogP contribution in [0.3, 0.4) is 0 Å². The molecule has 2 atom stereocenters. The monoisotopic (exact) mass is 266 g/mol. The number of aromatic nitrogens is 3. The van der Waals surface area contributed by atoms with E-state index in [0.717, 1.165) is 24.1 Å². The number of ketones is 1. The van der Waals surface area contributed by atoms with Gasteiger partial charge in [0.15, 0.2) is 0 Å². The number of aliphatic imine (C=N–C) groups is 1. The number of benzene rings is 1. The summed E-state index contributed by atoms with van der Waals surface area (Å²) in [6.45, 7) is 0. The standard InChI is InChI=1S/C15H14N4O/c20-12-8-4-7-11-13(12)14(10-5-2-1-3-6-10)19-15(18-11)16-9-17-19/h1-3,5-6,9,13-14H,4,7-8H2. The molecule has 20 heavy (non-hydrogen) atoms. The van der Waals surface area contributed by atoms with Gasteiger partial charge in [-0.25, -0.2) is 9.67 Å². The van der Waals surface area contributed by atoms with E-state index in [-0.39, 0.29) is 17.7 Å². The first-order valence-corrected chi connectivity index (χ1v) is 6.89. The van der Waals surface area contributed by atoms with Gasteiger partial charge in [-0.05, 0) is 18.4 Å². The predicted molar refractivity (Wildman–Crippen MR) is 74.0 cm³/mol. The van der Waals surface area contributed by atoms with Gasteiger partial charge in [0.1, 0.15) is 12.1 Å². The normalized spacial score (nSPS) is 24.8. The highest BCUT2D eigenvalue weighted by Crippen LogP contribution is 2.39. The minimum atomic E-state index is -0.180. The summed E-state index contributed by atoms with van der Waals surface area (Å²) in [4.78, 5) is 21.1. The summed E-state index contributed by atoms with van der Waals surface area (Å²) in [5.41, 5.74) is 2.06. The maximum absolute atomic E-state index is 12.4. The smallest absolute Gasteiger partial charge is 0.248 e. The lowest BCUT2D eigenvalue weighted by Gasteiger charge is -2.34. The van der Waals surface area contributed by atoms with E-state index in [0.29, 0.717) is 12.4 Å². The first-order chi connectivity index (χ1) is 9.84. The average molecular weight is 266 g/mol. The third-order valence-electron chi connectivity index (χ3n) is 4.08. The molecule has 1 saturated carbocycles. The van der Waals surface area contributed by atoms with Crippen molar-refractivity contribution in [2.24, 2.45) is 10.9 Å². The van der Waals surface area contributed by atoms with Crippen LogP contribution in [0.2, 0.25) is 0 Å². The van der Waals surface area contributed by atoms with Gasteiger partial charge >= 0.3 is 0 Å². The molecule has 4 rings (SSSR count). The first kappa shape index (κ1) is 11.5. The van der Waals surface area contributed by atoms with E-state index in [4.69, 9.17) is 0 Å². The predicted octanol–water partition coefficient (Wildman–Crippen LogP) is 2.32. The molecule has 0 radical (unpaired) electrons. The van der Waals surface area contributed by atoms with Crippen LogP contribution in [0.25, 0.3) is 0 Å². The van der Waals surface area contributed by atoms with Gasteiger partial charge in [-0.1, -0.05) is 30.3 Å². The highest BCUT2D eigenvalue weighted by atomic mass is 16.1. The van der Waals surface area contributed by atoms with Crippen molar-refractivity contribution in [3.05, 3.63) is 42.2 Å². The van der Waals surface area contributed by atoms with Crippen molar-refractivity contribution in [2.45, 2.75) is 25.3 Å². The molecule has 1 aromatic heterocycles. The van der Waals surface area contributed by atoms with Crippen molar-refractivity contribution in [3.63, 3.8) is 0 Å². The Kier molecular flexibility index (Phi) is 2.52. The minimum Gasteiger partial charge on any atom is -0.299 e. The van der Waals surface area contributed by atoms with Crippen LogP contribution >= 0.6 is 0 Å². The molecular formula is C15H14N4O. The number of Topliss-reactive ketones (excluding diaryl/α,β-unsaturated/α-hetero) is 1. The lowest BCUT2D eigenvalue weighted by molar-refractivity contribution is -0.122. The number of rotatable bonds is 1. The third kappa shape index (κ3) is 1.62. The molecule has 5 heteroatoms. The summed E-state index contributed by atoms with van der Waals surface area (Å²) in [5, 5.41) is 4.29. The van der Waals surface area contributed by atoms with Crippen molar-refractivity contribution < 1.29 is 4.79 Å². The fourth-order valence-electron chi connectivity index (χ4n) is 3.20. The van der Waals surface area contributed by atoms with Crippen molar-refractivity contribution >= 4 is 17.4 Å². The average Bonchev–Trinajstić information content (AvgIpc) is 2.94. The molecule has 2 heterocycles. The van der Waals surface area contributed by atoms with E-state index >= 15 is 0 Å². The zero-order chi connectivity index (χ0) is 13.5. The van der Waals surface area contributed by atoms with Gasteiger partial charge in [0, 0.05) is 12.1 Å². The van der Waals surface area contributed by atoms with Crippen LogP contribution in [-0.2, 0) is 4.79 Å². The fourth-order valence-corrected chi connectivity index (χ4v) is 3.20. The first-order valence-electron chi connectivity index (χ1n) is 6.89. The van der Waals surface area contributed by atoms with Crippen LogP contribution in [0.15, 0.2) is 41.7 Å². The Morgan fingerprint density at radius 2 is 2.00 bits per heavy atom. The molecule has 0 bridgehead atoms. The quantitative estimate of drug-likeness (QED) is 0.795. The van der Waals surface area contributed by atoms with E-state index in [1.165, 1.54) is 6.33 Å². The van der Waals surface area contributed by atoms with Crippen LogP contribution in [0, 0.1) is 5.92 Å². The second kappa shape index (κ2) is 4.37. The van der Waals surface area contributed by atoms with Gasteiger partial charge in [0.05, 0.1) is 12.0 Å². The van der Waals surface area contributed by atoms with Crippen molar-refractivity contribution in [3.8, 4) is 0 Å². The van der Waals surface area contributed by atoms with Crippen LogP contribution in [0.1, 0.15) is 30.9 Å². The number of nitrogens with zero attached hydrogens (tertiary/aromatic N) is 4. The van der Waals surface area contributed by atoms with E-state index in [1.807, 2.05) is 30.3 Å². The molecule has 1 aliphatic carbocycles. The molecule has 0 amide bonds. The van der Waals surface area contributed by atoms with E-state index in [2.05, 4.69) is 15.1 Å². The number of fused-ring (bicyclic) bond motifs is 2. The molecular weight excluding hydrogens is 252 g/mol. The maximum Gasteiger partial charge on any atom is 0.248 e. The molecule has 5 nitrogen and oxygen atoms in total. The SMILES string of the molecule is O=C1CCCC2=Nc3ncnn3C(c3ccccc3)C12. The van der Waals surface area contributed by atoms with Gasteiger partial charge in [-0.3, -0.25) is 4.79 Å². The van der Waals surface area contributed by atoms with Crippen LogP contribution < -0.4 is 0 Å². The number of carbonyl (C=O) groups excluding carboxylic acids is 1. The Hall–Kier alpha value is -2.30. The molecule has 2 unspecified atom stereocenters. The minimum absolute atomic E-state index is 0.103. The van der Waals surface area contributed by atoms with Gasteiger partial charge in [0.25, 0.3) is 0 Å². The summed E-state index contributed by atoms with van der Waals surface area (Å²) in [5.74, 6) is 0.699. The maximum atomic E-state index is 12.4. The lowest BCUT2D eigenvalue weighted by atomic mass is 9.78. The molecule has 2 aromatic rings. The van der Waals surface area contributed by atoms with Crippen LogP contribution in [0.4, 0.5) is 5.95 Å². The molecule has 1 aromatic carbocycles. The van der Waals surface area contributed by atoms with Gasteiger partial charge in [0.2, 0.25) is 5.95 Å². The molecule has 0 N–H and O–H groups in total. The van der Waals surface area contributed by atoms with Crippen molar-refractivity contribution in [1.82, 2.24) is 14.8 Å². The molecule has 100 valence electrons. The summed E-state index contributed by atoms with van der Waals surface area (Å²) in [6.07, 6.45) is 3.92.